The zero-order valence-corrected chi connectivity index (χ0v) is 17.9. The monoisotopic (exact) mass is 396 g/mol. The third kappa shape index (κ3) is 6.63. The highest BCUT2D eigenvalue weighted by Crippen LogP contribution is 2.17. The van der Waals surface area contributed by atoms with Gasteiger partial charge >= 0.3 is 0 Å². The van der Waals surface area contributed by atoms with E-state index in [2.05, 4.69) is 5.32 Å². The molecule has 1 N–H and O–H groups in total. The Bertz CT molecular complexity index is 774. The Kier molecular flexibility index (Phi) is 8.71. The molecule has 0 fully saturated rings. The summed E-state index contributed by atoms with van der Waals surface area (Å²) in [6.07, 6.45) is 1.65. The second-order valence-corrected chi connectivity index (χ2v) is 7.27. The fourth-order valence-electron chi connectivity index (χ4n) is 3.16. The SMILES string of the molecule is CC[C@H](C(=O)N[C@@H](C)CC)N(Cc1ccccc1)C(=O)Cc1ccc(OC)cc1. The van der Waals surface area contributed by atoms with Crippen LogP contribution in [-0.2, 0) is 22.6 Å². The lowest BCUT2D eigenvalue weighted by atomic mass is 10.1. The van der Waals surface area contributed by atoms with Crippen molar-refractivity contribution in [1.82, 2.24) is 10.2 Å². The number of hydrogen-bond donors (Lipinski definition) is 1. The number of benzene rings is 2. The van der Waals surface area contributed by atoms with Crippen LogP contribution < -0.4 is 10.1 Å². The largest absolute Gasteiger partial charge is 0.497 e. The molecule has 156 valence electrons. The van der Waals surface area contributed by atoms with Gasteiger partial charge in [-0.1, -0.05) is 56.3 Å². The predicted molar refractivity (Wildman–Crippen MR) is 116 cm³/mol. The average Bonchev–Trinajstić information content (AvgIpc) is 2.74. The molecule has 0 spiro atoms. The van der Waals surface area contributed by atoms with Gasteiger partial charge in [-0.25, -0.2) is 0 Å². The maximum atomic E-state index is 13.2. The van der Waals surface area contributed by atoms with Crippen molar-refractivity contribution in [2.45, 2.75) is 58.7 Å². The van der Waals surface area contributed by atoms with Gasteiger partial charge in [0.2, 0.25) is 11.8 Å². The van der Waals surface area contributed by atoms with Crippen LogP contribution in [0.3, 0.4) is 0 Å². The van der Waals surface area contributed by atoms with E-state index < -0.39 is 6.04 Å². The van der Waals surface area contributed by atoms with Crippen molar-refractivity contribution in [1.29, 1.82) is 0 Å². The summed E-state index contributed by atoms with van der Waals surface area (Å²) in [5.41, 5.74) is 1.90. The average molecular weight is 397 g/mol. The Hall–Kier alpha value is -2.82. The highest BCUT2D eigenvalue weighted by molar-refractivity contribution is 5.88. The summed E-state index contributed by atoms with van der Waals surface area (Å²) in [7, 11) is 1.61. The summed E-state index contributed by atoms with van der Waals surface area (Å²) in [6.45, 7) is 6.36. The molecule has 0 bridgehead atoms. The van der Waals surface area contributed by atoms with E-state index in [1.165, 1.54) is 0 Å². The molecule has 0 unspecified atom stereocenters. The zero-order valence-electron chi connectivity index (χ0n) is 17.9. The number of hydrogen-bond acceptors (Lipinski definition) is 3. The van der Waals surface area contributed by atoms with Gasteiger partial charge in [0.15, 0.2) is 0 Å². The zero-order chi connectivity index (χ0) is 21.2. The molecule has 2 atom stereocenters. The summed E-state index contributed by atoms with van der Waals surface area (Å²) >= 11 is 0. The number of carbonyl (C=O) groups excluding carboxylic acids is 2. The molecule has 29 heavy (non-hydrogen) atoms. The molecule has 0 aliphatic rings. The molecule has 2 rings (SSSR count). The van der Waals surface area contributed by atoms with Gasteiger partial charge in [0.25, 0.3) is 0 Å². The van der Waals surface area contributed by atoms with E-state index in [-0.39, 0.29) is 24.3 Å². The lowest BCUT2D eigenvalue weighted by Gasteiger charge is -2.31. The van der Waals surface area contributed by atoms with Crippen molar-refractivity contribution in [2.24, 2.45) is 0 Å². The Morgan fingerprint density at radius 3 is 2.17 bits per heavy atom. The lowest BCUT2D eigenvalue weighted by molar-refractivity contribution is -0.141. The van der Waals surface area contributed by atoms with Crippen LogP contribution in [-0.4, -0.2) is 35.9 Å². The fraction of sp³-hybridized carbons (Fsp3) is 0.417. The van der Waals surface area contributed by atoms with E-state index in [4.69, 9.17) is 4.74 Å². The van der Waals surface area contributed by atoms with Gasteiger partial charge < -0.3 is 15.0 Å². The van der Waals surface area contributed by atoms with Gasteiger partial charge in [0.1, 0.15) is 11.8 Å². The molecule has 5 heteroatoms. The van der Waals surface area contributed by atoms with Crippen molar-refractivity contribution >= 4 is 11.8 Å². The van der Waals surface area contributed by atoms with Gasteiger partial charge in [0.05, 0.1) is 13.5 Å². The molecule has 0 saturated carbocycles. The van der Waals surface area contributed by atoms with Gasteiger partial charge in [-0.15, -0.1) is 0 Å². The minimum atomic E-state index is -0.505. The van der Waals surface area contributed by atoms with Gasteiger partial charge in [-0.3, -0.25) is 9.59 Å². The number of nitrogens with zero attached hydrogens (tertiary/aromatic N) is 1. The number of rotatable bonds is 10. The molecule has 0 radical (unpaired) electrons. The molecule has 0 aliphatic carbocycles. The summed E-state index contributed by atoms with van der Waals surface area (Å²) in [5.74, 6) is 0.590. The molecule has 2 aromatic carbocycles. The first kappa shape index (κ1) is 22.5. The van der Waals surface area contributed by atoms with Crippen LogP contribution in [0.15, 0.2) is 54.6 Å². The van der Waals surface area contributed by atoms with Crippen LogP contribution in [0.25, 0.3) is 0 Å². The Labute approximate surface area is 174 Å². The van der Waals surface area contributed by atoms with E-state index >= 15 is 0 Å². The highest BCUT2D eigenvalue weighted by Gasteiger charge is 2.29. The molecule has 5 nitrogen and oxygen atoms in total. The third-order valence-corrected chi connectivity index (χ3v) is 5.10. The van der Waals surface area contributed by atoms with Gasteiger partial charge in [-0.2, -0.15) is 0 Å². The van der Waals surface area contributed by atoms with Gasteiger partial charge in [-0.05, 0) is 43.0 Å². The van der Waals surface area contributed by atoms with E-state index in [1.807, 2.05) is 75.4 Å². The van der Waals surface area contributed by atoms with Crippen molar-refractivity contribution in [3.8, 4) is 5.75 Å². The van der Waals surface area contributed by atoms with Crippen LogP contribution in [0, 0.1) is 0 Å². The molecule has 2 aromatic rings. The lowest BCUT2D eigenvalue weighted by Crippen LogP contribution is -2.51. The molecule has 0 heterocycles. The minimum Gasteiger partial charge on any atom is -0.497 e. The number of methoxy groups -OCH3 is 1. The third-order valence-electron chi connectivity index (χ3n) is 5.10. The first-order valence-electron chi connectivity index (χ1n) is 10.2. The Balaban J connectivity index is 2.24. The fourth-order valence-corrected chi connectivity index (χ4v) is 3.16. The maximum Gasteiger partial charge on any atom is 0.243 e. The minimum absolute atomic E-state index is 0.0647. The topological polar surface area (TPSA) is 58.6 Å². The van der Waals surface area contributed by atoms with Crippen molar-refractivity contribution in [3.05, 3.63) is 65.7 Å². The maximum absolute atomic E-state index is 13.2. The van der Waals surface area contributed by atoms with Crippen LogP contribution in [0.4, 0.5) is 0 Å². The van der Waals surface area contributed by atoms with Crippen LogP contribution in [0.1, 0.15) is 44.7 Å². The van der Waals surface area contributed by atoms with Crippen LogP contribution in [0.2, 0.25) is 0 Å². The molecule has 0 aromatic heterocycles. The Morgan fingerprint density at radius 2 is 1.62 bits per heavy atom. The van der Waals surface area contributed by atoms with Crippen molar-refractivity contribution in [3.63, 3.8) is 0 Å². The highest BCUT2D eigenvalue weighted by atomic mass is 16.5. The number of amides is 2. The van der Waals surface area contributed by atoms with Crippen molar-refractivity contribution in [2.75, 3.05) is 7.11 Å². The number of carbonyl (C=O) groups is 2. The van der Waals surface area contributed by atoms with Crippen LogP contribution >= 0.6 is 0 Å². The van der Waals surface area contributed by atoms with Crippen LogP contribution in [0.5, 0.6) is 5.75 Å². The molecule has 2 amide bonds. The Morgan fingerprint density at radius 1 is 0.966 bits per heavy atom. The van der Waals surface area contributed by atoms with E-state index in [0.29, 0.717) is 13.0 Å². The first-order valence-corrected chi connectivity index (χ1v) is 10.2. The number of ether oxygens (including phenoxy) is 1. The number of nitrogens with one attached hydrogen (secondary N) is 1. The van der Waals surface area contributed by atoms with E-state index in [1.54, 1.807) is 12.0 Å². The summed E-state index contributed by atoms with van der Waals surface area (Å²) in [5, 5.41) is 3.03. The molecule has 0 saturated heterocycles. The first-order chi connectivity index (χ1) is 14.0. The van der Waals surface area contributed by atoms with Crippen molar-refractivity contribution < 1.29 is 14.3 Å². The molecular formula is C24H32N2O3. The predicted octanol–water partition coefficient (Wildman–Crippen LogP) is 3.96. The standard InChI is InChI=1S/C24H32N2O3/c1-5-18(3)25-24(28)22(6-2)26(17-20-10-8-7-9-11-20)23(27)16-19-12-14-21(29-4)15-13-19/h7-15,18,22H,5-6,16-17H2,1-4H3,(H,25,28)/t18-,22+/m0/s1. The molecule has 0 aliphatic heterocycles. The summed E-state index contributed by atoms with van der Waals surface area (Å²) in [6, 6.07) is 16.8. The smallest absolute Gasteiger partial charge is 0.243 e. The quantitative estimate of drug-likeness (QED) is 0.661. The molecular weight excluding hydrogens is 364 g/mol. The summed E-state index contributed by atoms with van der Waals surface area (Å²) < 4.78 is 5.19. The normalized spacial score (nSPS) is 12.7. The van der Waals surface area contributed by atoms with Gasteiger partial charge in [0, 0.05) is 12.6 Å². The second kappa shape index (κ2) is 11.2. The second-order valence-electron chi connectivity index (χ2n) is 7.27. The van der Waals surface area contributed by atoms with E-state index in [0.717, 1.165) is 23.3 Å². The van der Waals surface area contributed by atoms with E-state index in [9.17, 15) is 9.59 Å². The summed E-state index contributed by atoms with van der Waals surface area (Å²) in [4.78, 5) is 27.8.